The zero-order chi connectivity index (χ0) is 44.8. The number of benzene rings is 6. The van der Waals surface area contributed by atoms with Gasteiger partial charge in [-0.3, -0.25) is 9.59 Å². The van der Waals surface area contributed by atoms with Crippen LogP contribution in [0.15, 0.2) is 187 Å². The SMILES string of the molecule is Br.CC(CNCCCC[P+](c1ccccc1)(c1ccccc1)c1ccccc1)C(N)=O.C[N+](=CCC(=O)N=C(N)N)CCCC[P+](c1ccccc1)(c1ccccc1)c1ccccc1. The summed E-state index contributed by atoms with van der Waals surface area (Å²) in [6.07, 6.45) is 8.55. The maximum atomic E-state index is 11.7. The number of aliphatic imine (C=N–C) groups is 1. The van der Waals surface area contributed by atoms with Gasteiger partial charge in [0.15, 0.2) is 5.96 Å². The van der Waals surface area contributed by atoms with Crippen molar-refractivity contribution < 1.29 is 14.2 Å². The third-order valence-corrected chi connectivity index (χ3v) is 20.4. The minimum absolute atomic E-state index is 0. The minimum atomic E-state index is -1.79. The van der Waals surface area contributed by atoms with Gasteiger partial charge in [-0.1, -0.05) is 116 Å². The average Bonchev–Trinajstić information content (AvgIpc) is 3.32. The van der Waals surface area contributed by atoms with E-state index < -0.39 is 14.5 Å². The predicted molar refractivity (Wildman–Crippen MR) is 283 cm³/mol. The summed E-state index contributed by atoms with van der Waals surface area (Å²) in [5, 5.41) is 11.9. The Hall–Kier alpha value is -5.30. The second-order valence-electron chi connectivity index (χ2n) is 15.8. The molecule has 0 spiro atoms. The summed E-state index contributed by atoms with van der Waals surface area (Å²) in [6, 6.07) is 65.8. The van der Waals surface area contributed by atoms with Crippen molar-refractivity contribution in [1.29, 1.82) is 0 Å². The van der Waals surface area contributed by atoms with Gasteiger partial charge in [-0.25, -0.2) is 4.58 Å². The largest absolute Gasteiger partial charge is 0.370 e. The lowest BCUT2D eigenvalue weighted by molar-refractivity contribution is -0.493. The van der Waals surface area contributed by atoms with Gasteiger partial charge in [-0.05, 0) is 98.6 Å². The first-order valence-electron chi connectivity index (χ1n) is 21.9. The second-order valence-corrected chi connectivity index (χ2v) is 23.0. The van der Waals surface area contributed by atoms with Crippen LogP contribution in [-0.4, -0.2) is 67.6 Å². The van der Waals surface area contributed by atoms with Crippen LogP contribution in [0.1, 0.15) is 39.0 Å². The van der Waals surface area contributed by atoms with E-state index in [4.69, 9.17) is 17.2 Å². The summed E-state index contributed by atoms with van der Waals surface area (Å²) in [5.74, 6) is -0.901. The van der Waals surface area contributed by atoms with E-state index in [0.29, 0.717) is 6.54 Å². The molecular formula is C53H66BrN6O2P2+3. The van der Waals surface area contributed by atoms with Crippen LogP contribution in [0.25, 0.3) is 0 Å². The van der Waals surface area contributed by atoms with E-state index in [2.05, 4.69) is 192 Å². The molecule has 8 nitrogen and oxygen atoms in total. The Morgan fingerprint density at radius 1 is 0.562 bits per heavy atom. The molecule has 0 radical (unpaired) electrons. The Morgan fingerprint density at radius 3 is 1.20 bits per heavy atom. The Kier molecular flexibility index (Phi) is 21.8. The molecule has 1 atom stereocenters. The standard InChI is InChI=1S/C27H32N4OP.C26H31N2OP.BrH/c1-31(21-19-26(32)30-27(28)29)20-11-12-22-33(23-13-5-2-6-14-23,24-15-7-3-8-16-24)25-17-9-4-10-18-25;1-22(26(27)29)21-28-19-11-12-20-30(23-13-5-2-6-14-23,24-15-7-3-8-16-24)25-17-9-4-10-18-25;/h2-10,13-18,21H,11-12,19-20,22H2,1H3,(H3-,28,29,30,32);2-10,13-18,22,28H,11-12,19-21H2,1H3,(H-,27,29);1H/q+1;;/p+2. The van der Waals surface area contributed by atoms with Crippen LogP contribution in [0.2, 0.25) is 0 Å². The number of carbonyl (C=O) groups excluding carboxylic acids is 2. The molecule has 334 valence electrons. The van der Waals surface area contributed by atoms with Crippen molar-refractivity contribution in [3.05, 3.63) is 182 Å². The summed E-state index contributed by atoms with van der Waals surface area (Å²) in [4.78, 5) is 26.5. The number of nitrogens with one attached hydrogen (secondary N) is 1. The molecule has 0 saturated heterocycles. The van der Waals surface area contributed by atoms with Crippen molar-refractivity contribution >= 4 is 87.3 Å². The Bertz CT molecular complexity index is 2130. The number of amides is 2. The van der Waals surface area contributed by atoms with Gasteiger partial charge in [-0.15, -0.1) is 17.0 Å². The molecule has 64 heavy (non-hydrogen) atoms. The minimum Gasteiger partial charge on any atom is -0.370 e. The lowest BCUT2D eigenvalue weighted by Crippen LogP contribution is -2.34. The third kappa shape index (κ3) is 14.6. The van der Waals surface area contributed by atoms with Crippen molar-refractivity contribution in [3.8, 4) is 0 Å². The number of halogens is 1. The van der Waals surface area contributed by atoms with Crippen molar-refractivity contribution in [2.75, 3.05) is 39.0 Å². The average molecular weight is 961 g/mol. The van der Waals surface area contributed by atoms with Crippen molar-refractivity contribution in [1.82, 2.24) is 5.32 Å². The summed E-state index contributed by atoms with van der Waals surface area (Å²) in [5.41, 5.74) is 15.9. The molecule has 0 bridgehead atoms. The van der Waals surface area contributed by atoms with Crippen LogP contribution < -0.4 is 54.3 Å². The van der Waals surface area contributed by atoms with Gasteiger partial charge >= 0.3 is 0 Å². The lowest BCUT2D eigenvalue weighted by atomic mass is 10.2. The molecule has 11 heteroatoms. The van der Waals surface area contributed by atoms with Crippen LogP contribution in [0.3, 0.4) is 0 Å². The Morgan fingerprint density at radius 2 is 0.891 bits per heavy atom. The molecule has 2 amide bonds. The Labute approximate surface area is 393 Å². The van der Waals surface area contributed by atoms with E-state index in [1.54, 1.807) is 0 Å². The van der Waals surface area contributed by atoms with E-state index >= 15 is 0 Å². The second kappa shape index (κ2) is 27.1. The molecule has 6 aromatic carbocycles. The quantitative estimate of drug-likeness (QED) is 0.0209. The number of guanidine groups is 1. The smallest absolute Gasteiger partial charge is 0.258 e. The number of rotatable bonds is 21. The molecule has 6 aromatic rings. The molecule has 0 aromatic heterocycles. The van der Waals surface area contributed by atoms with Crippen LogP contribution in [0.4, 0.5) is 0 Å². The van der Waals surface area contributed by atoms with E-state index in [0.717, 1.165) is 51.1 Å². The topological polar surface area (TPSA) is 140 Å². The molecule has 0 aliphatic carbocycles. The first-order chi connectivity index (χ1) is 30.7. The van der Waals surface area contributed by atoms with Gasteiger partial charge in [0.2, 0.25) is 5.91 Å². The van der Waals surface area contributed by atoms with Gasteiger partial charge in [0.25, 0.3) is 5.91 Å². The fraction of sp³-hybridized carbons (Fsp3) is 0.245. The fourth-order valence-corrected chi connectivity index (χ4v) is 16.8. The molecule has 6 rings (SSSR count). The number of hydrogen-bond donors (Lipinski definition) is 4. The zero-order valence-corrected chi connectivity index (χ0v) is 40.8. The highest BCUT2D eigenvalue weighted by Crippen LogP contribution is 2.57. The van der Waals surface area contributed by atoms with Crippen molar-refractivity contribution in [2.45, 2.75) is 39.0 Å². The van der Waals surface area contributed by atoms with E-state index in [-0.39, 0.29) is 47.1 Å². The lowest BCUT2D eigenvalue weighted by Gasteiger charge is -2.27. The first-order valence-corrected chi connectivity index (χ1v) is 25.9. The summed E-state index contributed by atoms with van der Waals surface area (Å²) in [7, 11) is -1.54. The number of nitrogens with two attached hydrogens (primary N) is 3. The fourth-order valence-electron chi connectivity index (χ4n) is 8.01. The highest BCUT2D eigenvalue weighted by molar-refractivity contribution is 8.93. The van der Waals surface area contributed by atoms with Gasteiger partial charge in [0, 0.05) is 18.9 Å². The Balaban J connectivity index is 0.000000277. The van der Waals surface area contributed by atoms with Crippen LogP contribution >= 0.6 is 31.5 Å². The molecule has 0 aliphatic heterocycles. The first kappa shape index (κ1) is 51.3. The highest BCUT2D eigenvalue weighted by atomic mass is 79.9. The van der Waals surface area contributed by atoms with Crippen molar-refractivity contribution in [2.24, 2.45) is 28.1 Å². The number of primary amides is 1. The molecule has 1 unspecified atom stereocenters. The molecular weight excluding hydrogens is 894 g/mol. The number of unbranched alkanes of at least 4 members (excludes halogenated alkanes) is 2. The molecule has 7 N–H and O–H groups in total. The van der Waals surface area contributed by atoms with Gasteiger partial charge < -0.3 is 22.5 Å². The van der Waals surface area contributed by atoms with Crippen LogP contribution in [0, 0.1) is 5.92 Å². The maximum absolute atomic E-state index is 11.7. The maximum Gasteiger partial charge on any atom is 0.258 e. The normalized spacial score (nSPS) is 11.9. The summed E-state index contributed by atoms with van der Waals surface area (Å²) in [6.45, 7) is 4.28. The monoisotopic (exact) mass is 959 g/mol. The van der Waals surface area contributed by atoms with Crippen LogP contribution in [0.5, 0.6) is 0 Å². The summed E-state index contributed by atoms with van der Waals surface area (Å²) >= 11 is 0. The number of carbonyl (C=O) groups is 2. The van der Waals surface area contributed by atoms with E-state index in [9.17, 15) is 9.59 Å². The zero-order valence-electron chi connectivity index (χ0n) is 37.3. The van der Waals surface area contributed by atoms with E-state index in [1.165, 1.54) is 31.8 Å². The molecule has 0 aliphatic rings. The van der Waals surface area contributed by atoms with Crippen molar-refractivity contribution in [3.63, 3.8) is 0 Å². The van der Waals surface area contributed by atoms with Gasteiger partial charge in [0.05, 0.1) is 12.3 Å². The predicted octanol–water partition coefficient (Wildman–Crippen LogP) is 6.71. The van der Waals surface area contributed by atoms with Gasteiger partial charge in [0.1, 0.15) is 72.6 Å². The molecule has 0 heterocycles. The van der Waals surface area contributed by atoms with E-state index in [1.807, 2.05) is 24.8 Å². The van der Waals surface area contributed by atoms with Gasteiger partial charge in [-0.2, -0.15) is 4.99 Å². The third-order valence-electron chi connectivity index (χ3n) is 11.3. The molecule has 0 fully saturated rings. The number of hydrogen-bond acceptors (Lipinski definition) is 3. The summed E-state index contributed by atoms with van der Waals surface area (Å²) < 4.78 is 2.05. The number of nitrogens with zero attached hydrogens (tertiary/aromatic N) is 2. The highest BCUT2D eigenvalue weighted by Gasteiger charge is 2.45. The van der Waals surface area contributed by atoms with Crippen LogP contribution in [-0.2, 0) is 9.59 Å². The molecule has 0 saturated carbocycles.